The maximum absolute atomic E-state index is 13.2. The zero-order valence-electron chi connectivity index (χ0n) is 7.58. The summed E-state index contributed by atoms with van der Waals surface area (Å²) in [5.41, 5.74) is 0.560. The van der Waals surface area contributed by atoms with Crippen molar-refractivity contribution in [3.63, 3.8) is 0 Å². The number of hydrogen-bond donors (Lipinski definition) is 2. The molecule has 0 radical (unpaired) electrons. The standard InChI is InChI=1S/C9H10FNO3/c1-5-2-8(10)6(4-14-11)3-7(5)9(12)13/h2-3H,4,11H2,1H3,(H,12,13). The van der Waals surface area contributed by atoms with Crippen LogP contribution in [0.5, 0.6) is 0 Å². The van der Waals surface area contributed by atoms with Crippen LogP contribution < -0.4 is 5.90 Å². The SMILES string of the molecule is Cc1cc(F)c(CON)cc1C(=O)O. The molecular weight excluding hydrogens is 189 g/mol. The van der Waals surface area contributed by atoms with E-state index in [0.717, 1.165) is 6.07 Å². The van der Waals surface area contributed by atoms with Gasteiger partial charge in [-0.1, -0.05) is 0 Å². The highest BCUT2D eigenvalue weighted by atomic mass is 19.1. The van der Waals surface area contributed by atoms with E-state index in [4.69, 9.17) is 11.0 Å². The van der Waals surface area contributed by atoms with Crippen molar-refractivity contribution in [3.05, 3.63) is 34.6 Å². The summed E-state index contributed by atoms with van der Waals surface area (Å²) in [4.78, 5) is 14.9. The molecular formula is C9H10FNO3. The van der Waals surface area contributed by atoms with Crippen LogP contribution in [0.3, 0.4) is 0 Å². The highest BCUT2D eigenvalue weighted by Gasteiger charge is 2.12. The number of aromatic carboxylic acids is 1. The number of benzene rings is 1. The molecule has 4 nitrogen and oxygen atoms in total. The molecule has 0 saturated carbocycles. The number of aryl methyl sites for hydroxylation is 1. The van der Waals surface area contributed by atoms with E-state index in [-0.39, 0.29) is 17.7 Å². The Hall–Kier alpha value is -1.46. The summed E-state index contributed by atoms with van der Waals surface area (Å²) in [6.07, 6.45) is 0. The summed E-state index contributed by atoms with van der Waals surface area (Å²) in [5, 5.41) is 8.75. The average Bonchev–Trinajstić information content (AvgIpc) is 2.09. The van der Waals surface area contributed by atoms with Crippen LogP contribution in [0.25, 0.3) is 0 Å². The first-order chi connectivity index (χ1) is 6.56. The molecule has 0 atom stereocenters. The van der Waals surface area contributed by atoms with Crippen molar-refractivity contribution in [2.45, 2.75) is 13.5 Å². The second-order valence-electron chi connectivity index (χ2n) is 2.87. The Morgan fingerprint density at radius 2 is 2.29 bits per heavy atom. The molecule has 0 aliphatic rings. The quantitative estimate of drug-likeness (QED) is 0.718. The van der Waals surface area contributed by atoms with Crippen molar-refractivity contribution in [2.75, 3.05) is 0 Å². The molecule has 0 fully saturated rings. The van der Waals surface area contributed by atoms with Gasteiger partial charge in [-0.2, -0.15) is 0 Å². The van der Waals surface area contributed by atoms with Gasteiger partial charge in [0.05, 0.1) is 12.2 Å². The second kappa shape index (κ2) is 4.17. The molecule has 0 bridgehead atoms. The molecule has 0 aliphatic carbocycles. The third-order valence-electron chi connectivity index (χ3n) is 1.86. The summed E-state index contributed by atoms with van der Waals surface area (Å²) in [6.45, 7) is 1.38. The summed E-state index contributed by atoms with van der Waals surface area (Å²) in [6, 6.07) is 2.37. The lowest BCUT2D eigenvalue weighted by molar-refractivity contribution is 0.0695. The number of carboxylic acid groups (broad SMARTS) is 1. The molecule has 0 heterocycles. The first-order valence-corrected chi connectivity index (χ1v) is 3.90. The molecule has 1 rings (SSSR count). The van der Waals surface area contributed by atoms with E-state index in [9.17, 15) is 9.18 Å². The van der Waals surface area contributed by atoms with E-state index >= 15 is 0 Å². The van der Waals surface area contributed by atoms with Gasteiger partial charge in [0, 0.05) is 5.56 Å². The molecule has 0 amide bonds. The minimum absolute atomic E-state index is 0.0541. The monoisotopic (exact) mass is 199 g/mol. The molecule has 0 unspecified atom stereocenters. The van der Waals surface area contributed by atoms with Crippen LogP contribution in [0.4, 0.5) is 4.39 Å². The van der Waals surface area contributed by atoms with E-state index in [1.807, 2.05) is 0 Å². The van der Waals surface area contributed by atoms with Crippen LogP contribution in [-0.4, -0.2) is 11.1 Å². The number of rotatable bonds is 3. The maximum Gasteiger partial charge on any atom is 0.335 e. The molecule has 1 aromatic carbocycles. The number of hydrogen-bond acceptors (Lipinski definition) is 3. The van der Waals surface area contributed by atoms with Gasteiger partial charge in [0.1, 0.15) is 5.82 Å². The number of carbonyl (C=O) groups is 1. The van der Waals surface area contributed by atoms with Gasteiger partial charge in [0.15, 0.2) is 0 Å². The number of carboxylic acids is 1. The molecule has 76 valence electrons. The highest BCUT2D eigenvalue weighted by molar-refractivity contribution is 5.89. The Balaban J connectivity index is 3.20. The van der Waals surface area contributed by atoms with E-state index in [2.05, 4.69) is 4.84 Å². The topological polar surface area (TPSA) is 72.5 Å². The molecule has 14 heavy (non-hydrogen) atoms. The molecule has 0 saturated heterocycles. The van der Waals surface area contributed by atoms with Crippen LogP contribution in [0, 0.1) is 12.7 Å². The first-order valence-electron chi connectivity index (χ1n) is 3.90. The van der Waals surface area contributed by atoms with Crippen molar-refractivity contribution < 1.29 is 19.1 Å². The van der Waals surface area contributed by atoms with Crippen LogP contribution in [-0.2, 0) is 11.4 Å². The average molecular weight is 199 g/mol. The molecule has 0 aliphatic heterocycles. The predicted octanol–water partition coefficient (Wildman–Crippen LogP) is 1.22. The van der Waals surface area contributed by atoms with Gasteiger partial charge in [-0.05, 0) is 24.6 Å². The third-order valence-corrected chi connectivity index (χ3v) is 1.86. The molecule has 5 heteroatoms. The maximum atomic E-state index is 13.2. The molecule has 3 N–H and O–H groups in total. The fourth-order valence-electron chi connectivity index (χ4n) is 1.15. The Bertz CT molecular complexity index is 365. The Labute approximate surface area is 80.1 Å². The number of nitrogens with two attached hydrogens (primary N) is 1. The fraction of sp³-hybridized carbons (Fsp3) is 0.222. The predicted molar refractivity (Wildman–Crippen MR) is 47.1 cm³/mol. The van der Waals surface area contributed by atoms with Gasteiger partial charge in [-0.25, -0.2) is 15.1 Å². The van der Waals surface area contributed by atoms with Gasteiger partial charge in [-0.15, -0.1) is 0 Å². The third kappa shape index (κ3) is 2.07. The summed E-state index contributed by atoms with van der Waals surface area (Å²) in [5.74, 6) is 3.17. The summed E-state index contributed by atoms with van der Waals surface area (Å²) in [7, 11) is 0. The summed E-state index contributed by atoms with van der Waals surface area (Å²) < 4.78 is 13.2. The van der Waals surface area contributed by atoms with Crippen LogP contribution in [0.1, 0.15) is 21.5 Å². The summed E-state index contributed by atoms with van der Waals surface area (Å²) >= 11 is 0. The van der Waals surface area contributed by atoms with Crippen molar-refractivity contribution in [1.82, 2.24) is 0 Å². The Morgan fingerprint density at radius 1 is 1.64 bits per heavy atom. The van der Waals surface area contributed by atoms with Gasteiger partial charge in [-0.3, -0.25) is 4.84 Å². The molecule has 1 aromatic rings. The van der Waals surface area contributed by atoms with Crippen LogP contribution in [0.2, 0.25) is 0 Å². The smallest absolute Gasteiger partial charge is 0.335 e. The van der Waals surface area contributed by atoms with Gasteiger partial charge in [0.25, 0.3) is 0 Å². The van der Waals surface area contributed by atoms with Crippen molar-refractivity contribution >= 4 is 5.97 Å². The lowest BCUT2D eigenvalue weighted by Gasteiger charge is -2.05. The van der Waals surface area contributed by atoms with E-state index < -0.39 is 11.8 Å². The van der Waals surface area contributed by atoms with Crippen LogP contribution in [0.15, 0.2) is 12.1 Å². The van der Waals surface area contributed by atoms with Crippen LogP contribution >= 0.6 is 0 Å². The van der Waals surface area contributed by atoms with Gasteiger partial charge < -0.3 is 5.11 Å². The fourth-order valence-corrected chi connectivity index (χ4v) is 1.15. The van der Waals surface area contributed by atoms with E-state index in [0.29, 0.717) is 5.56 Å². The Morgan fingerprint density at radius 3 is 2.79 bits per heavy atom. The largest absolute Gasteiger partial charge is 0.478 e. The number of halogens is 1. The zero-order chi connectivity index (χ0) is 10.7. The lowest BCUT2D eigenvalue weighted by Crippen LogP contribution is -2.06. The Kier molecular flexibility index (Phi) is 3.16. The van der Waals surface area contributed by atoms with E-state index in [1.165, 1.54) is 13.0 Å². The van der Waals surface area contributed by atoms with Crippen molar-refractivity contribution in [1.29, 1.82) is 0 Å². The van der Waals surface area contributed by atoms with Crippen molar-refractivity contribution in [3.8, 4) is 0 Å². The molecule has 0 aromatic heterocycles. The normalized spacial score (nSPS) is 10.2. The minimum Gasteiger partial charge on any atom is -0.478 e. The molecule has 0 spiro atoms. The zero-order valence-corrected chi connectivity index (χ0v) is 7.58. The van der Waals surface area contributed by atoms with Gasteiger partial charge >= 0.3 is 5.97 Å². The van der Waals surface area contributed by atoms with Crippen molar-refractivity contribution in [2.24, 2.45) is 5.90 Å². The van der Waals surface area contributed by atoms with Gasteiger partial charge in [0.2, 0.25) is 0 Å². The highest BCUT2D eigenvalue weighted by Crippen LogP contribution is 2.16. The first kappa shape index (κ1) is 10.6. The van der Waals surface area contributed by atoms with E-state index in [1.54, 1.807) is 0 Å². The second-order valence-corrected chi connectivity index (χ2v) is 2.87. The minimum atomic E-state index is -1.10. The lowest BCUT2D eigenvalue weighted by atomic mass is 10.0.